The maximum absolute atomic E-state index is 12.3. The van der Waals surface area contributed by atoms with E-state index in [9.17, 15) is 4.79 Å². The quantitative estimate of drug-likeness (QED) is 0.626. The molecular weight excluding hydrogens is 282 g/mol. The molecule has 22 heavy (non-hydrogen) atoms. The standard InChI is InChI=1S/C17H21NO4/c1-6-21-17(19)14-12(4)18-15-11(3)10(2)7-8-13(15)16(14)22-9-20-5/h7-8H,6,9H2,1-5H3. The van der Waals surface area contributed by atoms with Crippen molar-refractivity contribution in [3.05, 3.63) is 34.5 Å². The molecule has 0 atom stereocenters. The smallest absolute Gasteiger partial charge is 0.343 e. The second-order valence-electron chi connectivity index (χ2n) is 5.08. The molecule has 0 spiro atoms. The summed E-state index contributed by atoms with van der Waals surface area (Å²) in [5.74, 6) is 0.0321. The third-order valence-corrected chi connectivity index (χ3v) is 3.62. The van der Waals surface area contributed by atoms with Gasteiger partial charge in [-0.2, -0.15) is 0 Å². The highest BCUT2D eigenvalue weighted by atomic mass is 16.7. The van der Waals surface area contributed by atoms with Crippen LogP contribution in [0, 0.1) is 20.8 Å². The van der Waals surface area contributed by atoms with Crippen molar-refractivity contribution >= 4 is 16.9 Å². The zero-order valence-electron chi connectivity index (χ0n) is 13.6. The molecule has 5 nitrogen and oxygen atoms in total. The van der Waals surface area contributed by atoms with Crippen molar-refractivity contribution < 1.29 is 19.0 Å². The molecule has 0 aliphatic carbocycles. The van der Waals surface area contributed by atoms with Crippen LogP contribution in [0.5, 0.6) is 5.75 Å². The Balaban J connectivity index is 2.75. The van der Waals surface area contributed by atoms with Gasteiger partial charge >= 0.3 is 5.97 Å². The highest BCUT2D eigenvalue weighted by molar-refractivity contribution is 6.01. The summed E-state index contributed by atoms with van der Waals surface area (Å²) in [6.07, 6.45) is 0. The number of hydrogen-bond donors (Lipinski definition) is 0. The second kappa shape index (κ2) is 6.75. The van der Waals surface area contributed by atoms with Crippen LogP contribution in [0.1, 0.15) is 34.1 Å². The van der Waals surface area contributed by atoms with Gasteiger partial charge in [0.25, 0.3) is 0 Å². The number of fused-ring (bicyclic) bond motifs is 1. The van der Waals surface area contributed by atoms with Crippen LogP contribution in [0.4, 0.5) is 0 Å². The van der Waals surface area contributed by atoms with Crippen molar-refractivity contribution in [1.29, 1.82) is 0 Å². The number of ether oxygens (including phenoxy) is 3. The van der Waals surface area contributed by atoms with E-state index in [0.717, 1.165) is 22.0 Å². The minimum atomic E-state index is -0.432. The number of esters is 1. The molecule has 5 heteroatoms. The molecule has 0 amide bonds. The average Bonchev–Trinajstić information content (AvgIpc) is 2.49. The average molecular weight is 303 g/mol. The fourth-order valence-electron chi connectivity index (χ4n) is 2.36. The Hall–Kier alpha value is -2.14. The van der Waals surface area contributed by atoms with Gasteiger partial charge in [-0.15, -0.1) is 0 Å². The van der Waals surface area contributed by atoms with Crippen LogP contribution < -0.4 is 4.74 Å². The lowest BCUT2D eigenvalue weighted by molar-refractivity contribution is 0.0443. The molecular formula is C17H21NO4. The minimum Gasteiger partial charge on any atom is -0.466 e. The summed E-state index contributed by atoms with van der Waals surface area (Å²) < 4.78 is 15.8. The zero-order chi connectivity index (χ0) is 16.3. The number of aryl methyl sites for hydroxylation is 3. The monoisotopic (exact) mass is 303 g/mol. The van der Waals surface area contributed by atoms with Crippen molar-refractivity contribution in [2.45, 2.75) is 27.7 Å². The first kappa shape index (κ1) is 16.2. The Labute approximate surface area is 130 Å². The number of benzene rings is 1. The number of carbonyl (C=O) groups is 1. The van der Waals surface area contributed by atoms with E-state index >= 15 is 0 Å². The van der Waals surface area contributed by atoms with Crippen LogP contribution in [0.15, 0.2) is 12.1 Å². The summed E-state index contributed by atoms with van der Waals surface area (Å²) in [7, 11) is 1.54. The molecule has 0 unspecified atom stereocenters. The molecule has 0 radical (unpaired) electrons. The van der Waals surface area contributed by atoms with Crippen molar-refractivity contribution in [2.75, 3.05) is 20.5 Å². The SMILES string of the molecule is CCOC(=O)c1c(C)nc2c(C)c(C)ccc2c1OCOC. The lowest BCUT2D eigenvalue weighted by Gasteiger charge is -2.16. The van der Waals surface area contributed by atoms with Crippen molar-refractivity contribution in [3.63, 3.8) is 0 Å². The Morgan fingerprint density at radius 2 is 1.95 bits per heavy atom. The first-order valence-electron chi connectivity index (χ1n) is 7.20. The molecule has 0 aliphatic heterocycles. The van der Waals surface area contributed by atoms with Crippen molar-refractivity contribution in [3.8, 4) is 5.75 Å². The molecule has 1 aromatic carbocycles. The van der Waals surface area contributed by atoms with E-state index in [1.165, 1.54) is 7.11 Å². The number of carbonyl (C=O) groups excluding carboxylic acids is 1. The van der Waals surface area contributed by atoms with Gasteiger partial charge < -0.3 is 14.2 Å². The van der Waals surface area contributed by atoms with E-state index < -0.39 is 5.97 Å². The molecule has 1 heterocycles. The molecule has 0 saturated heterocycles. The molecule has 2 aromatic rings. The first-order valence-corrected chi connectivity index (χ1v) is 7.20. The number of aromatic nitrogens is 1. The molecule has 0 aliphatic rings. The maximum Gasteiger partial charge on any atom is 0.343 e. The van der Waals surface area contributed by atoms with Crippen LogP contribution >= 0.6 is 0 Å². The summed E-state index contributed by atoms with van der Waals surface area (Å²) in [6.45, 7) is 7.94. The summed E-state index contributed by atoms with van der Waals surface area (Å²) in [5.41, 5.74) is 3.98. The van der Waals surface area contributed by atoms with Gasteiger partial charge in [0.05, 0.1) is 17.8 Å². The second-order valence-corrected chi connectivity index (χ2v) is 5.08. The lowest BCUT2D eigenvalue weighted by Crippen LogP contribution is -2.13. The minimum absolute atomic E-state index is 0.0535. The summed E-state index contributed by atoms with van der Waals surface area (Å²) in [6, 6.07) is 3.90. The van der Waals surface area contributed by atoms with Gasteiger partial charge in [0, 0.05) is 12.5 Å². The van der Waals surface area contributed by atoms with Crippen LogP contribution in [-0.2, 0) is 9.47 Å². The molecule has 0 N–H and O–H groups in total. The summed E-state index contributed by atoms with van der Waals surface area (Å²) in [4.78, 5) is 16.8. The zero-order valence-corrected chi connectivity index (χ0v) is 13.6. The molecule has 1 aromatic heterocycles. The molecule has 0 fully saturated rings. The molecule has 118 valence electrons. The van der Waals surface area contributed by atoms with Crippen molar-refractivity contribution in [2.24, 2.45) is 0 Å². The Morgan fingerprint density at radius 3 is 2.59 bits per heavy atom. The number of hydrogen-bond acceptors (Lipinski definition) is 5. The van der Waals surface area contributed by atoms with Crippen molar-refractivity contribution in [1.82, 2.24) is 4.98 Å². The predicted octanol–water partition coefficient (Wildman–Crippen LogP) is 3.32. The fourth-order valence-corrected chi connectivity index (χ4v) is 2.36. The highest BCUT2D eigenvalue weighted by Gasteiger charge is 2.22. The van der Waals surface area contributed by atoms with Gasteiger partial charge in [0.15, 0.2) is 6.79 Å². The third kappa shape index (κ3) is 2.90. The summed E-state index contributed by atoms with van der Waals surface area (Å²) in [5, 5.41) is 0.786. The number of pyridine rings is 1. The molecule has 0 bridgehead atoms. The van der Waals surface area contributed by atoms with E-state index in [1.807, 2.05) is 26.0 Å². The molecule has 0 saturated carbocycles. The number of rotatable bonds is 5. The highest BCUT2D eigenvalue weighted by Crippen LogP contribution is 2.33. The van der Waals surface area contributed by atoms with Gasteiger partial charge in [-0.05, 0) is 44.9 Å². The Bertz CT molecular complexity index is 710. The summed E-state index contributed by atoms with van der Waals surface area (Å²) >= 11 is 0. The van der Waals surface area contributed by atoms with Gasteiger partial charge in [0.1, 0.15) is 11.3 Å². The lowest BCUT2D eigenvalue weighted by atomic mass is 10.0. The van der Waals surface area contributed by atoms with Gasteiger partial charge in [-0.3, -0.25) is 4.98 Å². The van der Waals surface area contributed by atoms with E-state index in [-0.39, 0.29) is 6.79 Å². The topological polar surface area (TPSA) is 57.7 Å². The Kier molecular flexibility index (Phi) is 4.98. The number of methoxy groups -OCH3 is 1. The van der Waals surface area contributed by atoms with Crippen LogP contribution in [-0.4, -0.2) is 31.5 Å². The van der Waals surface area contributed by atoms with Crippen LogP contribution in [0.3, 0.4) is 0 Å². The predicted molar refractivity (Wildman–Crippen MR) is 84.4 cm³/mol. The first-order chi connectivity index (χ1) is 10.5. The molecule has 2 rings (SSSR count). The van der Waals surface area contributed by atoms with E-state index in [0.29, 0.717) is 23.6 Å². The van der Waals surface area contributed by atoms with E-state index in [4.69, 9.17) is 14.2 Å². The normalized spacial score (nSPS) is 10.8. The van der Waals surface area contributed by atoms with E-state index in [1.54, 1.807) is 13.8 Å². The van der Waals surface area contributed by atoms with E-state index in [2.05, 4.69) is 4.98 Å². The van der Waals surface area contributed by atoms with Gasteiger partial charge in [0.2, 0.25) is 0 Å². The third-order valence-electron chi connectivity index (χ3n) is 3.62. The fraction of sp³-hybridized carbons (Fsp3) is 0.412. The van der Waals surface area contributed by atoms with Gasteiger partial charge in [-0.1, -0.05) is 6.07 Å². The van der Waals surface area contributed by atoms with Crippen LogP contribution in [0.25, 0.3) is 10.9 Å². The largest absolute Gasteiger partial charge is 0.466 e. The van der Waals surface area contributed by atoms with Crippen LogP contribution in [0.2, 0.25) is 0 Å². The maximum atomic E-state index is 12.3. The Morgan fingerprint density at radius 1 is 1.23 bits per heavy atom. The number of nitrogens with zero attached hydrogens (tertiary/aromatic N) is 1. The van der Waals surface area contributed by atoms with Gasteiger partial charge in [-0.25, -0.2) is 4.79 Å².